The van der Waals surface area contributed by atoms with Crippen LogP contribution < -0.4 is 10.5 Å². The van der Waals surface area contributed by atoms with Crippen LogP contribution in [0, 0.1) is 11.3 Å². The van der Waals surface area contributed by atoms with Crippen LogP contribution in [0.5, 0.6) is 5.75 Å². The van der Waals surface area contributed by atoms with Crippen LogP contribution in [0.15, 0.2) is 66.4 Å². The molecule has 0 aliphatic rings. The number of hydrogen-bond acceptors (Lipinski definition) is 4. The first kappa shape index (κ1) is 19.2. The molecule has 2 N–H and O–H groups in total. The highest BCUT2D eigenvalue weighted by Crippen LogP contribution is 2.28. The van der Waals surface area contributed by atoms with Crippen molar-refractivity contribution in [1.82, 2.24) is 9.78 Å². The second kappa shape index (κ2) is 8.41. The van der Waals surface area contributed by atoms with Crippen LogP contribution >= 0.6 is 12.2 Å². The fourth-order valence-corrected chi connectivity index (χ4v) is 2.64. The number of nitriles is 1. The molecule has 0 saturated heterocycles. The highest BCUT2D eigenvalue weighted by atomic mass is 32.1. The third-order valence-corrected chi connectivity index (χ3v) is 4.02. The number of halogens is 2. The molecule has 0 unspecified atom stereocenters. The molecule has 5 nitrogen and oxygen atoms in total. The van der Waals surface area contributed by atoms with Crippen molar-refractivity contribution in [3.8, 4) is 28.8 Å². The summed E-state index contributed by atoms with van der Waals surface area (Å²) in [6.45, 7) is -2.90. The van der Waals surface area contributed by atoms with Gasteiger partial charge in [-0.15, -0.1) is 0 Å². The minimum Gasteiger partial charge on any atom is -0.435 e. The van der Waals surface area contributed by atoms with Crippen LogP contribution in [0.4, 0.5) is 8.78 Å². The molecule has 28 heavy (non-hydrogen) atoms. The molecule has 1 aromatic heterocycles. The van der Waals surface area contributed by atoms with E-state index in [1.54, 1.807) is 29.1 Å². The van der Waals surface area contributed by atoms with E-state index in [4.69, 9.17) is 18.0 Å². The Balaban J connectivity index is 2.09. The first-order valence-electron chi connectivity index (χ1n) is 8.10. The minimum atomic E-state index is -2.90. The fourth-order valence-electron chi connectivity index (χ4n) is 2.54. The number of alkyl halides is 2. The van der Waals surface area contributed by atoms with Crippen LogP contribution in [-0.4, -0.2) is 21.4 Å². The Bertz CT molecular complexity index is 1050. The Morgan fingerprint density at radius 1 is 1.18 bits per heavy atom. The van der Waals surface area contributed by atoms with Gasteiger partial charge in [0.2, 0.25) is 0 Å². The Morgan fingerprint density at radius 3 is 2.43 bits per heavy atom. The average Bonchev–Trinajstić information content (AvgIpc) is 3.10. The van der Waals surface area contributed by atoms with E-state index < -0.39 is 6.61 Å². The van der Waals surface area contributed by atoms with E-state index in [1.807, 2.05) is 36.4 Å². The maximum absolute atomic E-state index is 12.4. The van der Waals surface area contributed by atoms with Gasteiger partial charge < -0.3 is 10.5 Å². The summed E-state index contributed by atoms with van der Waals surface area (Å²) in [5.74, 6) is 0.0409. The second-order valence-corrected chi connectivity index (χ2v) is 6.09. The van der Waals surface area contributed by atoms with Gasteiger partial charge in [0.05, 0.1) is 17.0 Å². The van der Waals surface area contributed by atoms with E-state index in [0.29, 0.717) is 16.8 Å². The number of thiocarbonyl (C=S) groups is 1. The van der Waals surface area contributed by atoms with E-state index in [0.717, 1.165) is 5.69 Å². The van der Waals surface area contributed by atoms with Crippen molar-refractivity contribution < 1.29 is 13.5 Å². The van der Waals surface area contributed by atoms with Gasteiger partial charge in [-0.25, -0.2) is 4.68 Å². The van der Waals surface area contributed by atoms with Gasteiger partial charge in [0, 0.05) is 17.3 Å². The number of hydrogen-bond donors (Lipinski definition) is 1. The number of nitrogens with zero attached hydrogens (tertiary/aromatic N) is 3. The van der Waals surface area contributed by atoms with Gasteiger partial charge in [-0.05, 0) is 42.5 Å². The zero-order valence-corrected chi connectivity index (χ0v) is 15.2. The van der Waals surface area contributed by atoms with Crippen molar-refractivity contribution in [1.29, 1.82) is 5.26 Å². The van der Waals surface area contributed by atoms with Gasteiger partial charge in [0.25, 0.3) is 0 Å². The zero-order chi connectivity index (χ0) is 20.1. The fraction of sp³-hybridized carbons (Fsp3) is 0.0500. The molecule has 0 fully saturated rings. The maximum Gasteiger partial charge on any atom is 0.387 e. The second-order valence-electron chi connectivity index (χ2n) is 5.65. The predicted octanol–water partition coefficient (Wildman–Crippen LogP) is 4.33. The van der Waals surface area contributed by atoms with Crippen molar-refractivity contribution in [2.45, 2.75) is 6.61 Å². The van der Waals surface area contributed by atoms with Gasteiger partial charge in [-0.3, -0.25) is 0 Å². The molecule has 1 heterocycles. The molecule has 8 heteroatoms. The summed E-state index contributed by atoms with van der Waals surface area (Å²) in [5.41, 5.74) is 8.35. The van der Waals surface area contributed by atoms with Crippen LogP contribution in [0.3, 0.4) is 0 Å². The van der Waals surface area contributed by atoms with Gasteiger partial charge in [0.15, 0.2) is 0 Å². The van der Waals surface area contributed by atoms with Crippen LogP contribution in [0.1, 0.15) is 5.56 Å². The standard InChI is InChI=1S/C20H14F2N4OS/c21-20(22)27-17-8-6-13(7-9-17)18-15(10-14(11-23)19(24)28)12-26(25-18)16-4-2-1-3-5-16/h1-10,12,20H,(H2,24,28)/b14-10-. The van der Waals surface area contributed by atoms with Crippen molar-refractivity contribution in [3.63, 3.8) is 0 Å². The summed E-state index contributed by atoms with van der Waals surface area (Å²) in [5, 5.41) is 13.8. The molecule has 0 radical (unpaired) electrons. The van der Waals surface area contributed by atoms with Crippen LogP contribution in [0.2, 0.25) is 0 Å². The number of para-hydroxylation sites is 1. The van der Waals surface area contributed by atoms with Gasteiger partial charge in [-0.2, -0.15) is 19.1 Å². The van der Waals surface area contributed by atoms with Crippen molar-refractivity contribution in [2.75, 3.05) is 0 Å². The average molecular weight is 396 g/mol. The summed E-state index contributed by atoms with van der Waals surface area (Å²) in [4.78, 5) is -0.0263. The van der Waals surface area contributed by atoms with Gasteiger partial charge in [0.1, 0.15) is 16.8 Å². The molecular weight excluding hydrogens is 382 g/mol. The van der Waals surface area contributed by atoms with E-state index >= 15 is 0 Å². The molecule has 0 aliphatic carbocycles. The highest BCUT2D eigenvalue weighted by Gasteiger charge is 2.13. The summed E-state index contributed by atoms with van der Waals surface area (Å²) in [6, 6.07) is 17.4. The van der Waals surface area contributed by atoms with Crippen molar-refractivity contribution in [3.05, 3.63) is 71.9 Å². The summed E-state index contributed by atoms with van der Waals surface area (Å²) >= 11 is 4.90. The van der Waals surface area contributed by atoms with E-state index in [-0.39, 0.29) is 16.3 Å². The molecule has 0 spiro atoms. The molecule has 0 saturated carbocycles. The molecule has 0 bridgehead atoms. The molecule has 3 aromatic rings. The molecule has 140 valence electrons. The summed E-state index contributed by atoms with van der Waals surface area (Å²) in [7, 11) is 0. The van der Waals surface area contributed by atoms with Gasteiger partial charge >= 0.3 is 6.61 Å². The molecule has 0 amide bonds. The lowest BCUT2D eigenvalue weighted by Gasteiger charge is -2.05. The molecule has 3 rings (SSSR count). The van der Waals surface area contributed by atoms with Crippen LogP contribution in [-0.2, 0) is 0 Å². The third kappa shape index (κ3) is 4.39. The predicted molar refractivity (Wildman–Crippen MR) is 106 cm³/mol. The molecule has 0 atom stereocenters. The maximum atomic E-state index is 12.4. The minimum absolute atomic E-state index is 0.0263. The summed E-state index contributed by atoms with van der Waals surface area (Å²) in [6.07, 6.45) is 3.29. The lowest BCUT2D eigenvalue weighted by atomic mass is 10.1. The van der Waals surface area contributed by atoms with Gasteiger partial charge in [-0.1, -0.05) is 30.4 Å². The zero-order valence-electron chi connectivity index (χ0n) is 14.4. The van der Waals surface area contributed by atoms with E-state index in [1.165, 1.54) is 12.1 Å². The smallest absolute Gasteiger partial charge is 0.387 e. The lowest BCUT2D eigenvalue weighted by Crippen LogP contribution is -2.09. The lowest BCUT2D eigenvalue weighted by molar-refractivity contribution is -0.0498. The highest BCUT2D eigenvalue weighted by molar-refractivity contribution is 7.80. The Labute approximate surface area is 165 Å². The first-order valence-corrected chi connectivity index (χ1v) is 8.50. The SMILES string of the molecule is N#C/C(=C/c1cn(-c2ccccc2)nc1-c1ccc(OC(F)F)cc1)C(N)=S. The number of rotatable bonds is 6. The number of ether oxygens (including phenoxy) is 1. The Morgan fingerprint density at radius 2 is 1.86 bits per heavy atom. The normalized spacial score (nSPS) is 11.3. The number of benzene rings is 2. The van der Waals surface area contributed by atoms with Crippen molar-refractivity contribution in [2.24, 2.45) is 5.73 Å². The third-order valence-electron chi connectivity index (χ3n) is 3.80. The molecule has 2 aromatic carbocycles. The number of nitrogens with two attached hydrogens (primary N) is 1. The van der Waals surface area contributed by atoms with Crippen LogP contribution in [0.25, 0.3) is 23.0 Å². The largest absolute Gasteiger partial charge is 0.435 e. The number of aromatic nitrogens is 2. The summed E-state index contributed by atoms with van der Waals surface area (Å²) < 4.78 is 30.7. The quantitative estimate of drug-likeness (QED) is 0.381. The monoisotopic (exact) mass is 396 g/mol. The molecule has 0 aliphatic heterocycles. The van der Waals surface area contributed by atoms with Crippen molar-refractivity contribution >= 4 is 23.3 Å². The molecular formula is C20H14F2N4OS. The van der Waals surface area contributed by atoms with E-state index in [9.17, 15) is 14.0 Å². The van der Waals surface area contributed by atoms with E-state index in [2.05, 4.69) is 9.84 Å². The Hall–Kier alpha value is -3.57. The first-order chi connectivity index (χ1) is 13.5. The Kier molecular flexibility index (Phi) is 5.77. The topological polar surface area (TPSA) is 76.9 Å².